The molecule has 0 aliphatic carbocycles. The van der Waals surface area contributed by atoms with Crippen molar-refractivity contribution in [1.82, 2.24) is 10.2 Å². The largest absolute Gasteiger partial charge is 0.277 e. The summed E-state index contributed by atoms with van der Waals surface area (Å²) in [7, 11) is 0. The summed E-state index contributed by atoms with van der Waals surface area (Å²) in [6.45, 7) is 4.31. The SMILES string of the molecule is CC(C)Cc1n[nH]c2c(CC#N)cc(Cl)cc12. The first-order valence-electron chi connectivity index (χ1n) is 5.64. The van der Waals surface area contributed by atoms with E-state index in [1.165, 1.54) is 0 Å². The molecule has 0 aliphatic heterocycles. The van der Waals surface area contributed by atoms with E-state index in [1.54, 1.807) is 0 Å². The number of H-pyrrole nitrogens is 1. The summed E-state index contributed by atoms with van der Waals surface area (Å²) in [5.74, 6) is 0.542. The van der Waals surface area contributed by atoms with Crippen molar-refractivity contribution >= 4 is 22.5 Å². The molecular formula is C13H14ClN3. The van der Waals surface area contributed by atoms with Crippen LogP contribution in [0.5, 0.6) is 0 Å². The third-order valence-electron chi connectivity index (χ3n) is 2.67. The maximum Gasteiger partial charge on any atom is 0.0704 e. The smallest absolute Gasteiger partial charge is 0.0704 e. The normalized spacial score (nSPS) is 11.0. The van der Waals surface area contributed by atoms with Gasteiger partial charge in [-0.05, 0) is 30.0 Å². The molecule has 0 fully saturated rings. The second-order valence-corrected chi connectivity index (χ2v) is 5.03. The van der Waals surface area contributed by atoms with Crippen LogP contribution in [-0.4, -0.2) is 10.2 Å². The Morgan fingerprint density at radius 2 is 2.24 bits per heavy atom. The number of hydrogen-bond donors (Lipinski definition) is 1. The van der Waals surface area contributed by atoms with Gasteiger partial charge in [0.2, 0.25) is 0 Å². The molecule has 0 atom stereocenters. The molecule has 0 saturated carbocycles. The average Bonchev–Trinajstić information content (AvgIpc) is 2.61. The Morgan fingerprint density at radius 3 is 2.88 bits per heavy atom. The molecule has 1 heterocycles. The van der Waals surface area contributed by atoms with E-state index >= 15 is 0 Å². The van der Waals surface area contributed by atoms with Gasteiger partial charge in [0.25, 0.3) is 0 Å². The van der Waals surface area contributed by atoms with Crippen LogP contribution in [0.2, 0.25) is 5.02 Å². The van der Waals surface area contributed by atoms with Crippen LogP contribution in [0, 0.1) is 17.2 Å². The third-order valence-corrected chi connectivity index (χ3v) is 2.89. The lowest BCUT2D eigenvalue weighted by Gasteiger charge is -2.03. The van der Waals surface area contributed by atoms with Gasteiger partial charge in [0, 0.05) is 10.4 Å². The lowest BCUT2D eigenvalue weighted by molar-refractivity contribution is 0.636. The second kappa shape index (κ2) is 4.77. The molecule has 3 nitrogen and oxygen atoms in total. The fourth-order valence-corrected chi connectivity index (χ4v) is 2.21. The van der Waals surface area contributed by atoms with Crippen molar-refractivity contribution in [2.45, 2.75) is 26.7 Å². The number of rotatable bonds is 3. The molecule has 0 radical (unpaired) electrons. The maximum absolute atomic E-state index is 8.79. The minimum absolute atomic E-state index is 0.348. The Balaban J connectivity index is 2.57. The zero-order chi connectivity index (χ0) is 12.4. The Morgan fingerprint density at radius 1 is 1.47 bits per heavy atom. The van der Waals surface area contributed by atoms with Crippen molar-refractivity contribution in [3.8, 4) is 6.07 Å². The molecule has 0 bridgehead atoms. The van der Waals surface area contributed by atoms with Gasteiger partial charge in [0.15, 0.2) is 0 Å². The van der Waals surface area contributed by atoms with E-state index in [0.29, 0.717) is 17.4 Å². The third kappa shape index (κ3) is 2.42. The average molecular weight is 248 g/mol. The highest BCUT2D eigenvalue weighted by atomic mass is 35.5. The lowest BCUT2D eigenvalue weighted by Crippen LogP contribution is -1.94. The highest BCUT2D eigenvalue weighted by Crippen LogP contribution is 2.26. The summed E-state index contributed by atoms with van der Waals surface area (Å²) in [5, 5.41) is 17.8. The number of fused-ring (bicyclic) bond motifs is 1. The van der Waals surface area contributed by atoms with Gasteiger partial charge in [-0.2, -0.15) is 10.4 Å². The van der Waals surface area contributed by atoms with Crippen molar-refractivity contribution < 1.29 is 0 Å². The highest BCUT2D eigenvalue weighted by Gasteiger charge is 2.11. The van der Waals surface area contributed by atoms with E-state index in [9.17, 15) is 0 Å². The van der Waals surface area contributed by atoms with E-state index < -0.39 is 0 Å². The van der Waals surface area contributed by atoms with E-state index in [2.05, 4.69) is 30.1 Å². The van der Waals surface area contributed by atoms with Gasteiger partial charge in [0.05, 0.1) is 23.7 Å². The molecule has 0 aliphatic rings. The molecule has 17 heavy (non-hydrogen) atoms. The van der Waals surface area contributed by atoms with Crippen LogP contribution in [0.4, 0.5) is 0 Å². The van der Waals surface area contributed by atoms with Crippen LogP contribution in [0.1, 0.15) is 25.1 Å². The van der Waals surface area contributed by atoms with Crippen molar-refractivity contribution in [3.05, 3.63) is 28.4 Å². The zero-order valence-corrected chi connectivity index (χ0v) is 10.7. The van der Waals surface area contributed by atoms with Gasteiger partial charge in [-0.3, -0.25) is 5.10 Å². The number of halogens is 1. The molecule has 88 valence electrons. The van der Waals surface area contributed by atoms with Gasteiger partial charge < -0.3 is 0 Å². The monoisotopic (exact) mass is 247 g/mol. The van der Waals surface area contributed by atoms with Crippen LogP contribution >= 0.6 is 11.6 Å². The van der Waals surface area contributed by atoms with Gasteiger partial charge in [-0.25, -0.2) is 0 Å². The Kier molecular flexibility index (Phi) is 3.35. The van der Waals surface area contributed by atoms with Crippen molar-refractivity contribution in [2.24, 2.45) is 5.92 Å². The number of nitrogens with zero attached hydrogens (tertiary/aromatic N) is 2. The molecule has 1 aromatic heterocycles. The van der Waals surface area contributed by atoms with Crippen LogP contribution in [0.15, 0.2) is 12.1 Å². The minimum Gasteiger partial charge on any atom is -0.277 e. The van der Waals surface area contributed by atoms with E-state index in [1.807, 2.05) is 12.1 Å². The van der Waals surface area contributed by atoms with Crippen molar-refractivity contribution in [2.75, 3.05) is 0 Å². The molecule has 0 unspecified atom stereocenters. The molecule has 2 rings (SSSR count). The molecule has 0 spiro atoms. The van der Waals surface area contributed by atoms with Crippen LogP contribution in [0.25, 0.3) is 10.9 Å². The van der Waals surface area contributed by atoms with E-state index in [4.69, 9.17) is 16.9 Å². The number of nitriles is 1. The summed E-state index contributed by atoms with van der Waals surface area (Å²) in [4.78, 5) is 0. The number of aromatic nitrogens is 2. The minimum atomic E-state index is 0.348. The highest BCUT2D eigenvalue weighted by molar-refractivity contribution is 6.31. The van der Waals surface area contributed by atoms with Crippen molar-refractivity contribution in [3.63, 3.8) is 0 Å². The van der Waals surface area contributed by atoms with Crippen molar-refractivity contribution in [1.29, 1.82) is 5.26 Å². The predicted molar refractivity (Wildman–Crippen MR) is 69.0 cm³/mol. The van der Waals surface area contributed by atoms with Gasteiger partial charge >= 0.3 is 0 Å². The van der Waals surface area contributed by atoms with Crippen LogP contribution in [0.3, 0.4) is 0 Å². The number of benzene rings is 1. The van der Waals surface area contributed by atoms with E-state index in [0.717, 1.165) is 28.6 Å². The molecule has 2 aromatic rings. The molecule has 4 heteroatoms. The predicted octanol–water partition coefficient (Wildman–Crippen LogP) is 3.48. The quantitative estimate of drug-likeness (QED) is 0.903. The van der Waals surface area contributed by atoms with Gasteiger partial charge in [-0.15, -0.1) is 0 Å². The molecule has 0 amide bonds. The first-order chi connectivity index (χ1) is 8.11. The van der Waals surface area contributed by atoms with Gasteiger partial charge in [0.1, 0.15) is 0 Å². The first-order valence-corrected chi connectivity index (χ1v) is 6.02. The Hall–Kier alpha value is -1.53. The van der Waals surface area contributed by atoms with Crippen LogP contribution in [-0.2, 0) is 12.8 Å². The first kappa shape index (κ1) is 11.9. The maximum atomic E-state index is 8.79. The topological polar surface area (TPSA) is 52.5 Å². The molecule has 0 saturated heterocycles. The van der Waals surface area contributed by atoms with Crippen LogP contribution < -0.4 is 0 Å². The number of nitrogens with one attached hydrogen (secondary N) is 1. The lowest BCUT2D eigenvalue weighted by atomic mass is 10.0. The summed E-state index contributed by atoms with van der Waals surface area (Å²) >= 11 is 6.07. The fourth-order valence-electron chi connectivity index (χ4n) is 1.97. The summed E-state index contributed by atoms with van der Waals surface area (Å²) in [6.07, 6.45) is 1.26. The summed E-state index contributed by atoms with van der Waals surface area (Å²) in [5.41, 5.74) is 2.88. The summed E-state index contributed by atoms with van der Waals surface area (Å²) in [6, 6.07) is 5.89. The molecular weight excluding hydrogens is 234 g/mol. The zero-order valence-electron chi connectivity index (χ0n) is 9.92. The fraction of sp³-hybridized carbons (Fsp3) is 0.385. The standard InChI is InChI=1S/C13H14ClN3/c1-8(2)5-12-11-7-10(14)6-9(3-4-15)13(11)17-16-12/h6-8H,3,5H2,1-2H3,(H,16,17). The Bertz CT molecular complexity index is 578. The second-order valence-electron chi connectivity index (χ2n) is 4.59. The number of aromatic amines is 1. The summed E-state index contributed by atoms with van der Waals surface area (Å²) < 4.78 is 0. The molecule has 1 aromatic carbocycles. The van der Waals surface area contributed by atoms with E-state index in [-0.39, 0.29) is 0 Å². The Labute approximate surface area is 105 Å². The molecule has 1 N–H and O–H groups in total. The number of hydrogen-bond acceptors (Lipinski definition) is 2. The van der Waals surface area contributed by atoms with Gasteiger partial charge in [-0.1, -0.05) is 25.4 Å².